The molecule has 74 heavy (non-hydrogen) atoms. The van der Waals surface area contributed by atoms with Gasteiger partial charge in [-0.1, -0.05) is 184 Å². The van der Waals surface area contributed by atoms with Gasteiger partial charge >= 0.3 is 23.9 Å². The molecule has 0 aliphatic heterocycles. The van der Waals surface area contributed by atoms with Gasteiger partial charge in [-0.3, -0.25) is 0 Å². The summed E-state index contributed by atoms with van der Waals surface area (Å²) in [5.41, 5.74) is 1.32. The number of aromatic carboxylic acids is 4. The lowest BCUT2D eigenvalue weighted by Gasteiger charge is -2.11. The van der Waals surface area contributed by atoms with E-state index in [1.807, 2.05) is 13.8 Å². The SMILES string of the molecule is C=CC(CCC)CCCC.C=CCC(CCC)CCC.CCCC(O)CC(C)O.CCCC(O)CC(C)O.O=C(O)c1ccccc1.O=C(O)c1ccccc1.O=C(O)c1ccccc1.O=C(O)c1ccccc1. The zero-order chi connectivity index (χ0) is 57.0. The van der Waals surface area contributed by atoms with E-state index in [9.17, 15) is 19.2 Å². The molecule has 12 heteroatoms. The van der Waals surface area contributed by atoms with E-state index in [1.54, 1.807) is 135 Å². The Bertz CT molecular complexity index is 1670. The van der Waals surface area contributed by atoms with E-state index in [2.05, 4.69) is 53.0 Å². The molecule has 12 nitrogen and oxygen atoms in total. The van der Waals surface area contributed by atoms with Gasteiger partial charge in [0.05, 0.1) is 46.7 Å². The minimum absolute atomic E-state index is 0.310. The van der Waals surface area contributed by atoms with Crippen molar-refractivity contribution in [3.8, 4) is 0 Å². The van der Waals surface area contributed by atoms with Crippen LogP contribution in [0.1, 0.15) is 200 Å². The fourth-order valence-electron chi connectivity index (χ4n) is 6.66. The molecule has 416 valence electrons. The number of allylic oxidation sites excluding steroid dienone is 2. The maximum absolute atomic E-state index is 10.2. The lowest BCUT2D eigenvalue weighted by molar-refractivity contribution is 0.0686. The summed E-state index contributed by atoms with van der Waals surface area (Å²) in [5, 5.41) is 69.2. The van der Waals surface area contributed by atoms with E-state index in [-0.39, 0.29) is 24.4 Å². The van der Waals surface area contributed by atoms with E-state index in [4.69, 9.17) is 40.9 Å². The lowest BCUT2D eigenvalue weighted by atomic mass is 9.95. The van der Waals surface area contributed by atoms with Crippen LogP contribution in [0.4, 0.5) is 0 Å². The number of unbranched alkanes of at least 4 members (excludes halogenated alkanes) is 1. The largest absolute Gasteiger partial charge is 0.478 e. The van der Waals surface area contributed by atoms with Crippen LogP contribution in [0, 0.1) is 11.8 Å². The zero-order valence-electron chi connectivity index (χ0n) is 46.1. The van der Waals surface area contributed by atoms with Crippen molar-refractivity contribution in [3.63, 3.8) is 0 Å². The summed E-state index contributed by atoms with van der Waals surface area (Å²) in [6.45, 7) is 24.0. The highest BCUT2D eigenvalue weighted by Crippen LogP contribution is 2.17. The highest BCUT2D eigenvalue weighted by molar-refractivity contribution is 5.88. The highest BCUT2D eigenvalue weighted by Gasteiger charge is 2.07. The standard InChI is InChI=1S/2C10H20.4C7H6O2.2C7H16O2/c1-4-7-9-10(6-3)8-5-2;1-4-7-10(8-5-2)9-6-3;4*8-7(9)6-4-2-1-3-5-6;2*1-3-4-7(9)5-6(2)8/h6,10H,3-5,7-9H2,1-2H3;4,10H,1,5-9H2,2-3H3;4*1-5H,(H,8,9);2*6-9H,3-5H2,1-2H3. The number of aliphatic hydroxyl groups excluding tert-OH is 4. The number of hydrogen-bond acceptors (Lipinski definition) is 8. The summed E-state index contributed by atoms with van der Waals surface area (Å²) < 4.78 is 0. The Labute approximate surface area is 445 Å². The second kappa shape index (κ2) is 53.4. The van der Waals surface area contributed by atoms with Crippen molar-refractivity contribution in [2.45, 2.75) is 183 Å². The first kappa shape index (κ1) is 74.6. The Morgan fingerprint density at radius 3 is 0.865 bits per heavy atom. The fourth-order valence-corrected chi connectivity index (χ4v) is 6.66. The van der Waals surface area contributed by atoms with Gasteiger partial charge in [0.2, 0.25) is 0 Å². The van der Waals surface area contributed by atoms with E-state index >= 15 is 0 Å². The van der Waals surface area contributed by atoms with Gasteiger partial charge in [-0.05, 0) is 119 Å². The second-order valence-corrected chi connectivity index (χ2v) is 17.6. The molecule has 5 atom stereocenters. The molecular weight excluding hydrogens is 937 g/mol. The molecule has 0 aliphatic rings. The van der Waals surface area contributed by atoms with Crippen molar-refractivity contribution in [1.29, 1.82) is 0 Å². The highest BCUT2D eigenvalue weighted by atomic mass is 16.4. The van der Waals surface area contributed by atoms with Crippen molar-refractivity contribution in [1.82, 2.24) is 0 Å². The van der Waals surface area contributed by atoms with Crippen LogP contribution in [-0.4, -0.2) is 89.1 Å². The van der Waals surface area contributed by atoms with Crippen molar-refractivity contribution < 1.29 is 60.0 Å². The first-order valence-electron chi connectivity index (χ1n) is 26.3. The molecule has 8 N–H and O–H groups in total. The molecule has 0 amide bonds. The molecule has 4 rings (SSSR count). The van der Waals surface area contributed by atoms with Gasteiger partial charge in [-0.15, -0.1) is 13.2 Å². The number of hydrogen-bond donors (Lipinski definition) is 8. The van der Waals surface area contributed by atoms with Crippen LogP contribution in [0.5, 0.6) is 0 Å². The molecule has 0 fully saturated rings. The number of carbonyl (C=O) groups is 4. The molecule has 4 aromatic rings. The molecule has 4 aromatic carbocycles. The minimum Gasteiger partial charge on any atom is -0.478 e. The van der Waals surface area contributed by atoms with Crippen molar-refractivity contribution >= 4 is 23.9 Å². The molecule has 0 saturated heterocycles. The summed E-state index contributed by atoms with van der Waals surface area (Å²) in [6, 6.07) is 33.2. The van der Waals surface area contributed by atoms with Gasteiger partial charge in [-0.25, -0.2) is 19.2 Å². The monoisotopic (exact) mass is 1030 g/mol. The van der Waals surface area contributed by atoms with Crippen LogP contribution in [0.2, 0.25) is 0 Å². The average Bonchev–Trinajstić information content (AvgIpc) is 3.37. The first-order valence-corrected chi connectivity index (χ1v) is 26.3. The third-order valence-electron chi connectivity index (χ3n) is 10.4. The van der Waals surface area contributed by atoms with Crippen molar-refractivity contribution in [2.24, 2.45) is 11.8 Å². The van der Waals surface area contributed by atoms with E-state index in [0.717, 1.165) is 37.5 Å². The number of carboxylic acid groups (broad SMARTS) is 4. The number of rotatable bonds is 24. The number of benzene rings is 4. The Morgan fingerprint density at radius 1 is 0.419 bits per heavy atom. The molecular formula is C62H96O12. The van der Waals surface area contributed by atoms with Crippen molar-refractivity contribution in [3.05, 3.63) is 169 Å². The molecule has 0 bridgehead atoms. The number of carboxylic acids is 4. The molecule has 0 saturated carbocycles. The Morgan fingerprint density at radius 2 is 0.689 bits per heavy atom. The Hall–Kier alpha value is -5.92. The number of aliphatic hydroxyl groups is 4. The summed E-state index contributed by atoms with van der Waals surface area (Å²) in [6.07, 6.45) is 20.6. The molecule has 0 spiro atoms. The fraction of sp³-hybridized carbons (Fsp3) is 0.484. The smallest absolute Gasteiger partial charge is 0.335 e. The van der Waals surface area contributed by atoms with Crippen LogP contribution in [-0.2, 0) is 0 Å². The Kier molecular flexibility index (Phi) is 53.8. The predicted octanol–water partition coefficient (Wildman–Crippen LogP) is 14.9. The molecule has 0 radical (unpaired) electrons. The van der Waals surface area contributed by atoms with E-state index < -0.39 is 23.9 Å². The van der Waals surface area contributed by atoms with Gasteiger partial charge in [0.15, 0.2) is 0 Å². The third kappa shape index (κ3) is 51.0. The summed E-state index contributed by atoms with van der Waals surface area (Å²) >= 11 is 0. The summed E-state index contributed by atoms with van der Waals surface area (Å²) in [7, 11) is 0. The van der Waals surface area contributed by atoms with Crippen LogP contribution < -0.4 is 0 Å². The molecule has 5 unspecified atom stereocenters. The van der Waals surface area contributed by atoms with Gasteiger partial charge in [0, 0.05) is 0 Å². The molecule has 0 aromatic heterocycles. The Balaban J connectivity index is -0.000000378. The average molecular weight is 1030 g/mol. The van der Waals surface area contributed by atoms with E-state index in [0.29, 0.717) is 35.1 Å². The third-order valence-corrected chi connectivity index (χ3v) is 10.4. The maximum atomic E-state index is 10.2. The van der Waals surface area contributed by atoms with Gasteiger partial charge in [-0.2, -0.15) is 0 Å². The van der Waals surface area contributed by atoms with Gasteiger partial charge in [0.1, 0.15) is 0 Å². The first-order chi connectivity index (χ1) is 35.2. The zero-order valence-corrected chi connectivity index (χ0v) is 46.1. The van der Waals surface area contributed by atoms with Crippen LogP contribution in [0.25, 0.3) is 0 Å². The van der Waals surface area contributed by atoms with Crippen molar-refractivity contribution in [2.75, 3.05) is 0 Å². The van der Waals surface area contributed by atoms with Crippen LogP contribution in [0.3, 0.4) is 0 Å². The molecule has 0 aliphatic carbocycles. The molecule has 0 heterocycles. The van der Waals surface area contributed by atoms with Crippen LogP contribution >= 0.6 is 0 Å². The summed E-state index contributed by atoms with van der Waals surface area (Å²) in [4.78, 5) is 40.8. The normalized spacial score (nSPS) is 11.7. The topological polar surface area (TPSA) is 230 Å². The summed E-state index contributed by atoms with van der Waals surface area (Å²) in [5.74, 6) is -1.82. The van der Waals surface area contributed by atoms with Gasteiger partial charge in [0.25, 0.3) is 0 Å². The lowest BCUT2D eigenvalue weighted by Crippen LogP contribution is -2.14. The predicted molar refractivity (Wildman–Crippen MR) is 304 cm³/mol. The second-order valence-electron chi connectivity index (χ2n) is 17.6. The van der Waals surface area contributed by atoms with E-state index in [1.165, 1.54) is 64.2 Å². The maximum Gasteiger partial charge on any atom is 0.335 e. The minimum atomic E-state index is -0.879. The van der Waals surface area contributed by atoms with Gasteiger partial charge < -0.3 is 40.9 Å². The quantitative estimate of drug-likeness (QED) is 0.0307. The van der Waals surface area contributed by atoms with Crippen LogP contribution in [0.15, 0.2) is 147 Å².